The number of nitrogens with one attached hydrogen (secondary N) is 3. The fourth-order valence-corrected chi connectivity index (χ4v) is 2.33. The van der Waals surface area contributed by atoms with E-state index < -0.39 is 0 Å². The van der Waals surface area contributed by atoms with Crippen LogP contribution >= 0.6 is 12.2 Å². The van der Waals surface area contributed by atoms with E-state index in [1.165, 1.54) is 0 Å². The highest BCUT2D eigenvalue weighted by molar-refractivity contribution is 7.71. The lowest BCUT2D eigenvalue weighted by Gasteiger charge is -2.24. The van der Waals surface area contributed by atoms with E-state index >= 15 is 0 Å². The van der Waals surface area contributed by atoms with Crippen molar-refractivity contribution >= 4 is 23.8 Å². The Kier molecular flexibility index (Phi) is 5.72. The summed E-state index contributed by atoms with van der Waals surface area (Å²) in [5.74, 6) is 0.230. The lowest BCUT2D eigenvalue weighted by atomic mass is 10.0. The number of rotatable bonds is 6. The monoisotopic (exact) mass is 315 g/mol. The predicted octanol–water partition coefficient (Wildman–Crippen LogP) is 3.61. The lowest BCUT2D eigenvalue weighted by Crippen LogP contribution is -2.39. The van der Waals surface area contributed by atoms with Gasteiger partial charge in [0, 0.05) is 24.5 Å². The first-order valence-corrected chi connectivity index (χ1v) is 7.76. The molecule has 22 heavy (non-hydrogen) atoms. The smallest absolute Gasteiger partial charge is 0.254 e. The molecule has 3 N–H and O–H groups in total. The number of para-hydroxylation sites is 1. The number of hydrogen-bond acceptors (Lipinski definition) is 3. The van der Waals surface area contributed by atoms with Crippen LogP contribution in [0.2, 0.25) is 0 Å². The molecule has 1 aromatic heterocycles. The molecule has 0 unspecified atom stereocenters. The Morgan fingerprint density at radius 1 is 1.18 bits per heavy atom. The lowest BCUT2D eigenvalue weighted by molar-refractivity contribution is 0.0949. The van der Waals surface area contributed by atoms with Crippen molar-refractivity contribution in [3.8, 4) is 0 Å². The number of benzene rings is 1. The fourth-order valence-electron chi connectivity index (χ4n) is 2.10. The van der Waals surface area contributed by atoms with Crippen LogP contribution < -0.4 is 10.6 Å². The first kappa shape index (κ1) is 16.2. The van der Waals surface area contributed by atoms with Crippen molar-refractivity contribution < 1.29 is 4.79 Å². The molecule has 1 amide bonds. The molecule has 4 nitrogen and oxygen atoms in total. The van der Waals surface area contributed by atoms with Crippen molar-refractivity contribution in [2.75, 3.05) is 11.9 Å². The van der Waals surface area contributed by atoms with Crippen LogP contribution in [0.5, 0.6) is 0 Å². The standard InChI is InChI=1S/C17H21N3OS/c1-12(2)15(20-13-7-4-3-5-8-13)11-19-16(21)14-9-6-10-18-17(14)22/h3-10,12,15,20H,11H2,1-2H3,(H,18,22)(H,19,21)/t15-/m0/s1. The van der Waals surface area contributed by atoms with Crippen molar-refractivity contribution in [3.05, 3.63) is 58.9 Å². The Labute approximate surface area is 136 Å². The molecule has 0 aliphatic carbocycles. The zero-order chi connectivity index (χ0) is 15.9. The molecule has 0 saturated heterocycles. The largest absolute Gasteiger partial charge is 0.380 e. The van der Waals surface area contributed by atoms with Crippen molar-refractivity contribution in [1.82, 2.24) is 10.3 Å². The van der Waals surface area contributed by atoms with Gasteiger partial charge in [0.15, 0.2) is 0 Å². The molecule has 0 aliphatic heterocycles. The Balaban J connectivity index is 1.99. The summed E-state index contributed by atoms with van der Waals surface area (Å²) in [6.07, 6.45) is 1.72. The molecule has 0 saturated carbocycles. The number of anilines is 1. The first-order valence-electron chi connectivity index (χ1n) is 7.35. The van der Waals surface area contributed by atoms with Crippen LogP contribution in [0.4, 0.5) is 5.69 Å². The highest BCUT2D eigenvalue weighted by Crippen LogP contribution is 2.12. The molecule has 0 spiro atoms. The van der Waals surface area contributed by atoms with E-state index in [1.807, 2.05) is 30.3 Å². The number of aromatic nitrogens is 1. The summed E-state index contributed by atoms with van der Waals surface area (Å²) in [6.45, 7) is 4.79. The Hall–Kier alpha value is -2.14. The van der Waals surface area contributed by atoms with E-state index in [1.54, 1.807) is 18.3 Å². The van der Waals surface area contributed by atoms with Gasteiger partial charge in [-0.1, -0.05) is 44.3 Å². The summed E-state index contributed by atoms with van der Waals surface area (Å²) >= 11 is 5.13. The van der Waals surface area contributed by atoms with Gasteiger partial charge in [-0.15, -0.1) is 0 Å². The molecular formula is C17H21N3OS. The molecule has 1 heterocycles. The maximum Gasteiger partial charge on any atom is 0.254 e. The summed E-state index contributed by atoms with van der Waals surface area (Å²) in [7, 11) is 0. The van der Waals surface area contributed by atoms with Crippen LogP contribution in [-0.2, 0) is 0 Å². The van der Waals surface area contributed by atoms with Gasteiger partial charge in [-0.2, -0.15) is 0 Å². The maximum absolute atomic E-state index is 12.2. The van der Waals surface area contributed by atoms with Gasteiger partial charge in [-0.3, -0.25) is 4.79 Å². The van der Waals surface area contributed by atoms with E-state index in [0.717, 1.165) is 5.69 Å². The third-order valence-electron chi connectivity index (χ3n) is 3.48. The molecule has 116 valence electrons. The van der Waals surface area contributed by atoms with Gasteiger partial charge in [0.05, 0.1) is 5.56 Å². The third-order valence-corrected chi connectivity index (χ3v) is 3.81. The third kappa shape index (κ3) is 4.43. The second-order valence-electron chi connectivity index (χ2n) is 5.48. The number of carbonyl (C=O) groups is 1. The summed E-state index contributed by atoms with van der Waals surface area (Å²) in [5, 5.41) is 6.40. The molecule has 2 rings (SSSR count). The molecule has 0 bridgehead atoms. The minimum atomic E-state index is -0.151. The number of hydrogen-bond donors (Lipinski definition) is 3. The number of pyridine rings is 1. The minimum Gasteiger partial charge on any atom is -0.380 e. The molecule has 5 heteroatoms. The SMILES string of the molecule is CC(C)[C@H](CNC(=O)c1ccc[nH]c1=S)Nc1ccccc1. The van der Waals surface area contributed by atoms with E-state index in [4.69, 9.17) is 12.2 Å². The van der Waals surface area contributed by atoms with Gasteiger partial charge < -0.3 is 15.6 Å². The number of aromatic amines is 1. The van der Waals surface area contributed by atoms with Crippen LogP contribution in [0.3, 0.4) is 0 Å². The summed E-state index contributed by atoms with van der Waals surface area (Å²) in [5.41, 5.74) is 1.55. The molecule has 1 aromatic carbocycles. The van der Waals surface area contributed by atoms with Gasteiger partial charge in [-0.25, -0.2) is 0 Å². The van der Waals surface area contributed by atoms with E-state index in [2.05, 4.69) is 29.5 Å². The molecule has 1 atom stereocenters. The number of amides is 1. The molecular weight excluding hydrogens is 294 g/mol. The summed E-state index contributed by atoms with van der Waals surface area (Å²) < 4.78 is 0.456. The number of carbonyl (C=O) groups excluding carboxylic acids is 1. The average Bonchev–Trinajstić information content (AvgIpc) is 2.52. The number of H-pyrrole nitrogens is 1. The van der Waals surface area contributed by atoms with Crippen molar-refractivity contribution in [3.63, 3.8) is 0 Å². The van der Waals surface area contributed by atoms with Crippen LogP contribution in [0, 0.1) is 10.6 Å². The predicted molar refractivity (Wildman–Crippen MR) is 92.7 cm³/mol. The van der Waals surface area contributed by atoms with Crippen molar-refractivity contribution in [2.45, 2.75) is 19.9 Å². The van der Waals surface area contributed by atoms with E-state index in [0.29, 0.717) is 22.7 Å². The van der Waals surface area contributed by atoms with Gasteiger partial charge in [-0.05, 0) is 30.2 Å². The normalized spacial score (nSPS) is 12.0. The highest BCUT2D eigenvalue weighted by atomic mass is 32.1. The van der Waals surface area contributed by atoms with E-state index in [9.17, 15) is 4.79 Å². The molecule has 2 aromatic rings. The second kappa shape index (κ2) is 7.75. The summed E-state index contributed by atoms with van der Waals surface area (Å²) in [6, 6.07) is 13.6. The Morgan fingerprint density at radius 2 is 1.91 bits per heavy atom. The highest BCUT2D eigenvalue weighted by Gasteiger charge is 2.15. The Morgan fingerprint density at radius 3 is 2.55 bits per heavy atom. The maximum atomic E-state index is 12.2. The van der Waals surface area contributed by atoms with Gasteiger partial charge in [0.25, 0.3) is 5.91 Å². The fraction of sp³-hybridized carbons (Fsp3) is 0.294. The van der Waals surface area contributed by atoms with Gasteiger partial charge >= 0.3 is 0 Å². The zero-order valence-corrected chi connectivity index (χ0v) is 13.6. The van der Waals surface area contributed by atoms with Crippen LogP contribution in [0.1, 0.15) is 24.2 Å². The van der Waals surface area contributed by atoms with Crippen LogP contribution in [0.15, 0.2) is 48.7 Å². The second-order valence-corrected chi connectivity index (χ2v) is 5.89. The molecule has 0 aliphatic rings. The summed E-state index contributed by atoms with van der Waals surface area (Å²) in [4.78, 5) is 15.1. The van der Waals surface area contributed by atoms with Crippen molar-refractivity contribution in [1.29, 1.82) is 0 Å². The van der Waals surface area contributed by atoms with Gasteiger partial charge in [0.2, 0.25) is 0 Å². The molecule has 0 radical (unpaired) electrons. The molecule has 0 fully saturated rings. The minimum absolute atomic E-state index is 0.146. The Bertz CT molecular complexity index is 667. The van der Waals surface area contributed by atoms with Crippen LogP contribution in [-0.4, -0.2) is 23.5 Å². The van der Waals surface area contributed by atoms with Gasteiger partial charge in [0.1, 0.15) is 4.64 Å². The van der Waals surface area contributed by atoms with E-state index in [-0.39, 0.29) is 11.9 Å². The van der Waals surface area contributed by atoms with Crippen molar-refractivity contribution in [2.24, 2.45) is 5.92 Å². The quantitative estimate of drug-likeness (QED) is 0.714. The average molecular weight is 315 g/mol. The zero-order valence-electron chi connectivity index (χ0n) is 12.8. The van der Waals surface area contributed by atoms with Crippen LogP contribution in [0.25, 0.3) is 0 Å². The topological polar surface area (TPSA) is 56.9 Å². The first-order chi connectivity index (χ1) is 10.6.